The molecule has 0 aromatic carbocycles. The van der Waals surface area contributed by atoms with Crippen LogP contribution in [0.15, 0.2) is 4.99 Å². The summed E-state index contributed by atoms with van der Waals surface area (Å²) in [6.45, 7) is 8.32. The van der Waals surface area contributed by atoms with Gasteiger partial charge in [0.25, 0.3) is 5.84 Å². The molecule has 74 valence electrons. The Morgan fingerprint density at radius 2 is 2.57 bits per heavy atom. The molecule has 0 aliphatic rings. The van der Waals surface area contributed by atoms with Gasteiger partial charge in [0.05, 0.1) is 25.1 Å². The summed E-state index contributed by atoms with van der Waals surface area (Å²) in [7, 11) is 0. The molecule has 0 aromatic heterocycles. The molecule has 0 aliphatic carbocycles. The van der Waals surface area contributed by atoms with Gasteiger partial charge in [0.2, 0.25) is 0 Å². The predicted molar refractivity (Wildman–Crippen MR) is 51.9 cm³/mol. The first-order chi connectivity index (χ1) is 6.61. The zero-order valence-electron chi connectivity index (χ0n) is 7.73. The molecule has 0 aromatic rings. The summed E-state index contributed by atoms with van der Waals surface area (Å²) in [4.78, 5) is 6.55. The van der Waals surface area contributed by atoms with E-state index in [1.165, 1.54) is 6.34 Å². The highest BCUT2D eigenvalue weighted by atomic mass is 16.3. The Morgan fingerprint density at radius 1 is 1.93 bits per heavy atom. The van der Waals surface area contributed by atoms with E-state index in [1.807, 2.05) is 0 Å². The SMILES string of the molecule is [C-]#[N+]C(=N)C(C#N)NC=NC[C@H](C)O. The molecule has 6 nitrogen and oxygen atoms in total. The van der Waals surface area contributed by atoms with Crippen LogP contribution >= 0.6 is 0 Å². The second kappa shape index (κ2) is 6.58. The highest BCUT2D eigenvalue weighted by Gasteiger charge is 2.10. The molecule has 0 radical (unpaired) electrons. The zero-order valence-corrected chi connectivity index (χ0v) is 7.73. The van der Waals surface area contributed by atoms with Gasteiger partial charge in [-0.2, -0.15) is 10.7 Å². The summed E-state index contributed by atoms with van der Waals surface area (Å²) in [5.74, 6) is -0.379. The third kappa shape index (κ3) is 4.86. The monoisotopic (exact) mass is 193 g/mol. The third-order valence-corrected chi connectivity index (χ3v) is 1.23. The Morgan fingerprint density at radius 3 is 3.00 bits per heavy atom. The number of amidine groups is 1. The number of nitriles is 1. The van der Waals surface area contributed by atoms with Crippen molar-refractivity contribution < 1.29 is 5.11 Å². The van der Waals surface area contributed by atoms with Gasteiger partial charge in [-0.3, -0.25) is 4.99 Å². The Labute approximate surface area is 82.2 Å². The first-order valence-corrected chi connectivity index (χ1v) is 3.89. The molecule has 0 rings (SSSR count). The molecule has 0 fully saturated rings. The predicted octanol–water partition coefficient (Wildman–Crippen LogP) is -0.226. The first kappa shape index (κ1) is 12.1. The second-order valence-electron chi connectivity index (χ2n) is 2.57. The van der Waals surface area contributed by atoms with Gasteiger partial charge in [0.1, 0.15) is 0 Å². The minimum atomic E-state index is -0.967. The normalized spacial score (nSPS) is 14.0. The second-order valence-corrected chi connectivity index (χ2v) is 2.57. The van der Waals surface area contributed by atoms with Crippen LogP contribution in [0.25, 0.3) is 4.85 Å². The van der Waals surface area contributed by atoms with E-state index in [0.717, 1.165) is 0 Å². The molecule has 0 saturated carbocycles. The van der Waals surface area contributed by atoms with E-state index < -0.39 is 12.1 Å². The quantitative estimate of drug-likeness (QED) is 0.320. The molecule has 0 aliphatic heterocycles. The molecule has 0 spiro atoms. The standard InChI is InChI=1S/C8H11N5O/c1-6(14)4-12-5-13-7(3-9)8(10)11-2/h5-7,10,14H,4H2,1H3,(H,12,13)/t6-,7?/m0/s1. The van der Waals surface area contributed by atoms with Crippen molar-refractivity contribution in [2.45, 2.75) is 19.1 Å². The molecule has 0 heterocycles. The van der Waals surface area contributed by atoms with Crippen LogP contribution in [0.5, 0.6) is 0 Å². The average Bonchev–Trinajstić information content (AvgIpc) is 2.16. The van der Waals surface area contributed by atoms with Crippen molar-refractivity contribution >= 4 is 12.2 Å². The van der Waals surface area contributed by atoms with Gasteiger partial charge in [0.15, 0.2) is 6.04 Å². The molecule has 0 saturated heterocycles. The molecular formula is C8H11N5O. The number of aliphatic hydroxyl groups is 1. The smallest absolute Gasteiger partial charge is 0.275 e. The van der Waals surface area contributed by atoms with E-state index >= 15 is 0 Å². The first-order valence-electron chi connectivity index (χ1n) is 3.89. The van der Waals surface area contributed by atoms with Crippen molar-refractivity contribution in [2.75, 3.05) is 6.54 Å². The van der Waals surface area contributed by atoms with Gasteiger partial charge in [-0.25, -0.2) is 0 Å². The summed E-state index contributed by atoms with van der Waals surface area (Å²) in [6.07, 6.45) is 0.675. The number of hydrogen-bond acceptors (Lipinski definition) is 4. The molecule has 0 bridgehead atoms. The molecule has 0 amide bonds. The van der Waals surface area contributed by atoms with Gasteiger partial charge in [-0.15, -0.1) is 0 Å². The maximum absolute atomic E-state index is 8.83. The minimum absolute atomic E-state index is 0.219. The van der Waals surface area contributed by atoms with Gasteiger partial charge >= 0.3 is 0 Å². The van der Waals surface area contributed by atoms with Crippen LogP contribution in [0.4, 0.5) is 0 Å². The van der Waals surface area contributed by atoms with Crippen LogP contribution < -0.4 is 5.32 Å². The van der Waals surface area contributed by atoms with Crippen LogP contribution in [-0.4, -0.2) is 36.0 Å². The van der Waals surface area contributed by atoms with E-state index in [1.54, 1.807) is 13.0 Å². The molecule has 2 atom stereocenters. The van der Waals surface area contributed by atoms with Gasteiger partial charge in [0, 0.05) is 0 Å². The van der Waals surface area contributed by atoms with Gasteiger partial charge < -0.3 is 15.3 Å². The summed E-state index contributed by atoms with van der Waals surface area (Å²) < 4.78 is 0. The van der Waals surface area contributed by atoms with Crippen LogP contribution in [-0.2, 0) is 0 Å². The topological polar surface area (TPSA) is 96.6 Å². The largest absolute Gasteiger partial charge is 0.391 e. The zero-order chi connectivity index (χ0) is 11.0. The number of nitrogens with zero attached hydrogens (tertiary/aromatic N) is 3. The highest BCUT2D eigenvalue weighted by molar-refractivity contribution is 5.96. The summed E-state index contributed by atoms with van der Waals surface area (Å²) in [6, 6.07) is 0.770. The van der Waals surface area contributed by atoms with Crippen LogP contribution in [0, 0.1) is 23.3 Å². The Balaban J connectivity index is 3.99. The molecular weight excluding hydrogens is 182 g/mol. The maximum atomic E-state index is 8.83. The van der Waals surface area contributed by atoms with Crippen molar-refractivity contribution in [1.82, 2.24) is 5.32 Å². The van der Waals surface area contributed by atoms with E-state index in [2.05, 4.69) is 15.2 Å². The summed E-state index contributed by atoms with van der Waals surface area (Å²) >= 11 is 0. The molecule has 14 heavy (non-hydrogen) atoms. The van der Waals surface area contributed by atoms with Gasteiger partial charge in [-0.1, -0.05) is 6.57 Å². The number of aliphatic hydroxyl groups excluding tert-OH is 1. The fourth-order valence-electron chi connectivity index (χ4n) is 0.574. The lowest BCUT2D eigenvalue weighted by molar-refractivity contribution is 0.204. The third-order valence-electron chi connectivity index (χ3n) is 1.23. The molecule has 1 unspecified atom stereocenters. The van der Waals surface area contributed by atoms with Crippen molar-refractivity contribution in [3.05, 3.63) is 11.4 Å². The number of aliphatic imine (C=N–C) groups is 1. The number of nitrogens with one attached hydrogen (secondary N) is 2. The van der Waals surface area contributed by atoms with Crippen molar-refractivity contribution in [1.29, 1.82) is 10.7 Å². The fraction of sp³-hybridized carbons (Fsp3) is 0.500. The maximum Gasteiger partial charge on any atom is 0.275 e. The lowest BCUT2D eigenvalue weighted by Gasteiger charge is -2.04. The van der Waals surface area contributed by atoms with E-state index in [4.69, 9.17) is 22.3 Å². The lowest BCUT2D eigenvalue weighted by Crippen LogP contribution is -2.32. The minimum Gasteiger partial charge on any atom is -0.391 e. The van der Waals surface area contributed by atoms with E-state index in [-0.39, 0.29) is 12.4 Å². The van der Waals surface area contributed by atoms with Gasteiger partial charge in [-0.05, 0) is 6.92 Å². The highest BCUT2D eigenvalue weighted by Crippen LogP contribution is 1.85. The van der Waals surface area contributed by atoms with Crippen LogP contribution in [0.1, 0.15) is 6.92 Å². The number of hydrogen-bond donors (Lipinski definition) is 3. The summed E-state index contributed by atoms with van der Waals surface area (Å²) in [5, 5.41) is 26.9. The fourth-order valence-corrected chi connectivity index (χ4v) is 0.574. The molecule has 3 N–H and O–H groups in total. The summed E-state index contributed by atoms with van der Waals surface area (Å²) in [5.41, 5.74) is 0. The average molecular weight is 193 g/mol. The van der Waals surface area contributed by atoms with E-state index in [0.29, 0.717) is 0 Å². The lowest BCUT2D eigenvalue weighted by atomic mass is 10.3. The number of rotatable bonds is 5. The molecule has 6 heteroatoms. The Hall–Kier alpha value is -1.92. The Bertz CT molecular complexity index is 296. The Kier molecular flexibility index (Phi) is 5.68. The van der Waals surface area contributed by atoms with Crippen molar-refractivity contribution in [3.63, 3.8) is 0 Å². The van der Waals surface area contributed by atoms with Crippen LogP contribution in [0.3, 0.4) is 0 Å². The van der Waals surface area contributed by atoms with E-state index in [9.17, 15) is 0 Å². The van der Waals surface area contributed by atoms with Crippen molar-refractivity contribution in [2.24, 2.45) is 4.99 Å². The van der Waals surface area contributed by atoms with Crippen LogP contribution in [0.2, 0.25) is 0 Å². The van der Waals surface area contributed by atoms with Crippen molar-refractivity contribution in [3.8, 4) is 6.07 Å².